The lowest BCUT2D eigenvalue weighted by Crippen LogP contribution is -2.43. The van der Waals surface area contributed by atoms with Gasteiger partial charge in [0.2, 0.25) is 11.8 Å². The maximum absolute atomic E-state index is 13.1. The van der Waals surface area contributed by atoms with Gasteiger partial charge in [-0.15, -0.1) is 0 Å². The molecule has 1 aliphatic heterocycles. The first kappa shape index (κ1) is 26.0. The third-order valence-corrected chi connectivity index (χ3v) is 7.05. The van der Waals surface area contributed by atoms with Crippen LogP contribution in [0.4, 0.5) is 5.82 Å². The summed E-state index contributed by atoms with van der Waals surface area (Å²) in [5.41, 5.74) is 4.08. The monoisotopic (exact) mass is 499 g/mol. The summed E-state index contributed by atoms with van der Waals surface area (Å²) in [6, 6.07) is 19.6. The van der Waals surface area contributed by atoms with Crippen molar-refractivity contribution in [3.63, 3.8) is 0 Å². The molecule has 2 amide bonds. The Labute approximate surface area is 217 Å². The lowest BCUT2D eigenvalue weighted by molar-refractivity contribution is -0.126. The molecule has 2 heterocycles. The van der Waals surface area contributed by atoms with Crippen molar-refractivity contribution in [3.8, 4) is 17.5 Å². The van der Waals surface area contributed by atoms with Gasteiger partial charge in [0.15, 0.2) is 0 Å². The van der Waals surface area contributed by atoms with Crippen molar-refractivity contribution >= 4 is 17.6 Å². The van der Waals surface area contributed by atoms with Crippen LogP contribution in [0.15, 0.2) is 54.6 Å². The minimum absolute atomic E-state index is 0.0502. The van der Waals surface area contributed by atoms with Crippen LogP contribution in [0, 0.1) is 31.1 Å². The first-order chi connectivity index (χ1) is 17.9. The zero-order valence-corrected chi connectivity index (χ0v) is 21.6. The van der Waals surface area contributed by atoms with Crippen LogP contribution >= 0.6 is 0 Å². The number of amides is 2. The number of hydrogen-bond acceptors (Lipinski definition) is 5. The Bertz CT molecular complexity index is 1280. The molecule has 4 rings (SSSR count). The van der Waals surface area contributed by atoms with Crippen molar-refractivity contribution in [2.75, 3.05) is 32.1 Å². The molecule has 37 heavy (non-hydrogen) atoms. The molecule has 0 radical (unpaired) electrons. The minimum Gasteiger partial charge on any atom is -0.497 e. The zero-order valence-electron chi connectivity index (χ0n) is 21.6. The van der Waals surface area contributed by atoms with E-state index < -0.39 is 0 Å². The Balaban J connectivity index is 1.36. The highest BCUT2D eigenvalue weighted by molar-refractivity contribution is 5.93. The van der Waals surface area contributed by atoms with Gasteiger partial charge in [-0.3, -0.25) is 19.1 Å². The van der Waals surface area contributed by atoms with Crippen molar-refractivity contribution in [2.45, 2.75) is 33.2 Å². The molecule has 1 aliphatic rings. The number of likely N-dealkylation sites (tertiary alicyclic amines) is 1. The number of ether oxygens (including phenoxy) is 1. The second kappa shape index (κ2) is 11.8. The summed E-state index contributed by atoms with van der Waals surface area (Å²) in [6.45, 7) is 5.88. The van der Waals surface area contributed by atoms with E-state index in [1.54, 1.807) is 7.11 Å². The van der Waals surface area contributed by atoms with Crippen molar-refractivity contribution in [1.29, 1.82) is 5.26 Å². The largest absolute Gasteiger partial charge is 0.497 e. The van der Waals surface area contributed by atoms with Gasteiger partial charge in [0.25, 0.3) is 0 Å². The summed E-state index contributed by atoms with van der Waals surface area (Å²) in [4.78, 5) is 27.7. The van der Waals surface area contributed by atoms with E-state index in [0.717, 1.165) is 28.3 Å². The summed E-state index contributed by atoms with van der Waals surface area (Å²) >= 11 is 0. The molecule has 0 spiro atoms. The smallest absolute Gasteiger partial charge is 0.239 e. The predicted molar refractivity (Wildman–Crippen MR) is 143 cm³/mol. The Kier molecular flexibility index (Phi) is 8.26. The van der Waals surface area contributed by atoms with Crippen molar-refractivity contribution < 1.29 is 14.3 Å². The van der Waals surface area contributed by atoms with E-state index >= 15 is 0 Å². The van der Waals surface area contributed by atoms with E-state index in [2.05, 4.69) is 21.6 Å². The van der Waals surface area contributed by atoms with Crippen LogP contribution < -0.4 is 15.4 Å². The van der Waals surface area contributed by atoms with E-state index in [0.29, 0.717) is 43.9 Å². The molecule has 0 unspecified atom stereocenters. The van der Waals surface area contributed by atoms with Crippen LogP contribution in [0.1, 0.15) is 35.2 Å². The Morgan fingerprint density at radius 3 is 2.35 bits per heavy atom. The number of nitrogens with zero attached hydrogens (tertiary/aromatic N) is 3. The molecular formula is C29H33N5O3. The van der Waals surface area contributed by atoms with Gasteiger partial charge in [-0.25, -0.2) is 0 Å². The van der Waals surface area contributed by atoms with Gasteiger partial charge >= 0.3 is 0 Å². The molecule has 0 bridgehead atoms. The zero-order chi connectivity index (χ0) is 26.4. The lowest BCUT2D eigenvalue weighted by Gasteiger charge is -2.30. The first-order valence-corrected chi connectivity index (χ1v) is 12.5. The van der Waals surface area contributed by atoms with E-state index in [1.807, 2.05) is 73.0 Å². The van der Waals surface area contributed by atoms with Crippen molar-refractivity contribution in [1.82, 2.24) is 14.8 Å². The average molecular weight is 500 g/mol. The fourth-order valence-electron chi connectivity index (χ4n) is 4.77. The van der Waals surface area contributed by atoms with Crippen molar-refractivity contribution in [3.05, 3.63) is 77.0 Å². The Hall–Kier alpha value is -4.09. The average Bonchev–Trinajstić information content (AvgIpc) is 3.16. The molecule has 3 aromatic rings. The number of nitriles is 1. The molecule has 2 aromatic carbocycles. The number of carbonyl (C=O) groups excluding carboxylic acids is 2. The number of aromatic nitrogens is 1. The van der Waals surface area contributed by atoms with Gasteiger partial charge in [0.05, 0.1) is 19.2 Å². The molecule has 8 nitrogen and oxygen atoms in total. The van der Waals surface area contributed by atoms with E-state index in [9.17, 15) is 14.9 Å². The first-order valence-electron chi connectivity index (χ1n) is 12.5. The third kappa shape index (κ3) is 6.01. The summed E-state index contributed by atoms with van der Waals surface area (Å²) in [7, 11) is 1.61. The third-order valence-electron chi connectivity index (χ3n) is 7.05. The number of piperidine rings is 1. The van der Waals surface area contributed by atoms with Crippen LogP contribution in [0.3, 0.4) is 0 Å². The molecule has 2 N–H and O–H groups in total. The second-order valence-corrected chi connectivity index (χ2v) is 9.38. The molecule has 1 aromatic heterocycles. The molecule has 0 saturated carbocycles. The fourth-order valence-corrected chi connectivity index (χ4v) is 4.77. The van der Waals surface area contributed by atoms with Gasteiger partial charge in [0, 0.05) is 23.8 Å². The van der Waals surface area contributed by atoms with Crippen LogP contribution in [0.25, 0.3) is 5.69 Å². The predicted octanol–water partition coefficient (Wildman–Crippen LogP) is 3.94. The SMILES string of the molecule is COc1ccc(-n2c(C)c(C)c(C#N)c2NC(=O)CN2CCC(C(=O)NCc3ccccc3)CC2)cc1. The van der Waals surface area contributed by atoms with Crippen molar-refractivity contribution in [2.24, 2.45) is 5.92 Å². The lowest BCUT2D eigenvalue weighted by atomic mass is 9.96. The Morgan fingerprint density at radius 1 is 1.05 bits per heavy atom. The number of anilines is 1. The second-order valence-electron chi connectivity index (χ2n) is 9.38. The number of benzene rings is 2. The maximum atomic E-state index is 13.1. The van der Waals surface area contributed by atoms with Crippen LogP contribution in [0.2, 0.25) is 0 Å². The van der Waals surface area contributed by atoms with Crippen LogP contribution in [-0.2, 0) is 16.1 Å². The molecular weight excluding hydrogens is 466 g/mol. The maximum Gasteiger partial charge on any atom is 0.239 e. The van der Waals surface area contributed by atoms with E-state index in [1.165, 1.54) is 0 Å². The van der Waals surface area contributed by atoms with Gasteiger partial charge in [0.1, 0.15) is 17.6 Å². The summed E-state index contributed by atoms with van der Waals surface area (Å²) < 4.78 is 7.16. The minimum atomic E-state index is -0.184. The molecule has 192 valence electrons. The standard InChI is InChI=1S/C29H33N5O3/c1-20-21(2)34(24-9-11-25(37-3)12-10-24)28(26(20)17-30)32-27(35)19-33-15-13-23(14-16-33)29(36)31-18-22-7-5-4-6-8-22/h4-12,23H,13-16,18-19H2,1-3H3,(H,31,36)(H,32,35). The van der Waals surface area contributed by atoms with E-state index in [4.69, 9.17) is 4.74 Å². The summed E-state index contributed by atoms with van der Waals surface area (Å²) in [6.07, 6.45) is 1.41. The summed E-state index contributed by atoms with van der Waals surface area (Å²) in [5, 5.41) is 15.8. The molecule has 1 saturated heterocycles. The topological polar surface area (TPSA) is 99.4 Å². The number of carbonyl (C=O) groups is 2. The molecule has 0 aliphatic carbocycles. The summed E-state index contributed by atoms with van der Waals surface area (Å²) in [5.74, 6) is 1.04. The highest BCUT2D eigenvalue weighted by Crippen LogP contribution is 2.31. The molecule has 0 atom stereocenters. The number of methoxy groups -OCH3 is 1. The normalized spacial score (nSPS) is 14.1. The van der Waals surface area contributed by atoms with Gasteiger partial charge in [-0.1, -0.05) is 30.3 Å². The van der Waals surface area contributed by atoms with Gasteiger partial charge < -0.3 is 15.4 Å². The van der Waals surface area contributed by atoms with Gasteiger partial charge in [-0.05, 0) is 75.2 Å². The van der Waals surface area contributed by atoms with Crippen LogP contribution in [-0.4, -0.2) is 48.0 Å². The van der Waals surface area contributed by atoms with Crippen LogP contribution in [0.5, 0.6) is 5.75 Å². The molecule has 1 fully saturated rings. The number of rotatable bonds is 8. The highest BCUT2D eigenvalue weighted by Gasteiger charge is 2.27. The quantitative estimate of drug-likeness (QED) is 0.489. The number of hydrogen-bond donors (Lipinski definition) is 2. The van der Waals surface area contributed by atoms with Gasteiger partial charge in [-0.2, -0.15) is 5.26 Å². The fraction of sp³-hybridized carbons (Fsp3) is 0.345. The van der Waals surface area contributed by atoms with E-state index in [-0.39, 0.29) is 24.3 Å². The highest BCUT2D eigenvalue weighted by atomic mass is 16.5. The number of nitrogens with one attached hydrogen (secondary N) is 2. The Morgan fingerprint density at radius 2 is 1.73 bits per heavy atom. The molecule has 8 heteroatoms.